The SMILES string of the molecule is C/N=C/[C@H](C[C@@H]1CC2(CC2)NC1=O)NC(=O)[C@H](CC(C)(C)C)NC(=O)[C@@H](NC(=O)C(F)(F)F)C(C)(C)C. The Hall–Kier alpha value is -2.66. The van der Waals surface area contributed by atoms with Crippen LogP contribution in [0.1, 0.15) is 73.6 Å². The summed E-state index contributed by atoms with van der Waals surface area (Å²) in [5.41, 5.74) is -1.62. The van der Waals surface area contributed by atoms with Crippen molar-refractivity contribution in [1.29, 1.82) is 0 Å². The van der Waals surface area contributed by atoms with E-state index in [2.05, 4.69) is 20.9 Å². The van der Waals surface area contributed by atoms with E-state index in [-0.39, 0.29) is 23.8 Å². The number of halogens is 3. The first-order chi connectivity index (χ1) is 16.8. The van der Waals surface area contributed by atoms with Gasteiger partial charge in [0.25, 0.3) is 0 Å². The summed E-state index contributed by atoms with van der Waals surface area (Å²) in [5.74, 6) is -4.04. The van der Waals surface area contributed by atoms with E-state index in [4.69, 9.17) is 0 Å². The van der Waals surface area contributed by atoms with Crippen molar-refractivity contribution < 1.29 is 32.3 Å². The first-order valence-electron chi connectivity index (χ1n) is 12.5. The van der Waals surface area contributed by atoms with Gasteiger partial charge in [-0.1, -0.05) is 41.5 Å². The maximum Gasteiger partial charge on any atom is 0.471 e. The Kier molecular flexibility index (Phi) is 9.07. The predicted molar refractivity (Wildman–Crippen MR) is 133 cm³/mol. The fourth-order valence-electron chi connectivity index (χ4n) is 4.54. The summed E-state index contributed by atoms with van der Waals surface area (Å²) in [6, 6.07) is -3.22. The molecule has 0 aromatic heterocycles. The molecule has 2 aliphatic rings. The highest BCUT2D eigenvalue weighted by molar-refractivity contribution is 5.94. The minimum Gasteiger partial charge on any atom is -0.350 e. The molecule has 2 rings (SSSR count). The number of nitrogens with one attached hydrogen (secondary N) is 4. The number of alkyl halides is 3. The smallest absolute Gasteiger partial charge is 0.350 e. The molecule has 1 aliphatic carbocycles. The number of nitrogens with zero attached hydrogens (tertiary/aromatic N) is 1. The van der Waals surface area contributed by atoms with E-state index in [9.17, 15) is 32.3 Å². The van der Waals surface area contributed by atoms with Gasteiger partial charge in [0.05, 0.1) is 6.04 Å². The molecule has 0 aromatic carbocycles. The van der Waals surface area contributed by atoms with Crippen molar-refractivity contribution in [1.82, 2.24) is 21.3 Å². The van der Waals surface area contributed by atoms with Crippen molar-refractivity contribution >= 4 is 29.8 Å². The molecule has 1 aliphatic heterocycles. The second-order valence-corrected chi connectivity index (χ2v) is 12.5. The topological polar surface area (TPSA) is 129 Å². The number of amides is 4. The summed E-state index contributed by atoms with van der Waals surface area (Å²) in [6.45, 7) is 10.1. The lowest BCUT2D eigenvalue weighted by Crippen LogP contribution is -2.60. The van der Waals surface area contributed by atoms with Crippen LogP contribution in [0.25, 0.3) is 0 Å². The van der Waals surface area contributed by atoms with Crippen molar-refractivity contribution in [3.8, 4) is 0 Å². The summed E-state index contributed by atoms with van der Waals surface area (Å²) in [4.78, 5) is 54.5. The molecule has 210 valence electrons. The number of hydrogen-bond acceptors (Lipinski definition) is 5. The van der Waals surface area contributed by atoms with Crippen LogP contribution >= 0.6 is 0 Å². The number of carbonyl (C=O) groups excluding carboxylic acids is 4. The normalized spacial score (nSPS) is 21.8. The number of rotatable bonds is 9. The molecule has 0 radical (unpaired) electrons. The Bertz CT molecular complexity index is 917. The Morgan fingerprint density at radius 3 is 2.08 bits per heavy atom. The zero-order chi connectivity index (χ0) is 28.4. The molecule has 2 fully saturated rings. The van der Waals surface area contributed by atoms with Crippen LogP contribution in [0.2, 0.25) is 0 Å². The van der Waals surface area contributed by atoms with Gasteiger partial charge in [0.15, 0.2) is 0 Å². The first-order valence-corrected chi connectivity index (χ1v) is 12.5. The highest BCUT2D eigenvalue weighted by atomic mass is 19.4. The highest BCUT2D eigenvalue weighted by Crippen LogP contribution is 2.46. The minimum absolute atomic E-state index is 0.0609. The minimum atomic E-state index is -5.16. The molecular formula is C25H40F3N5O4. The van der Waals surface area contributed by atoms with Crippen molar-refractivity contribution in [2.45, 2.75) is 103 Å². The molecule has 37 heavy (non-hydrogen) atoms. The summed E-state index contributed by atoms with van der Waals surface area (Å²) in [5, 5.41) is 10.2. The molecule has 1 spiro atoms. The van der Waals surface area contributed by atoms with Crippen molar-refractivity contribution in [3.05, 3.63) is 0 Å². The van der Waals surface area contributed by atoms with Gasteiger partial charge in [-0.25, -0.2) is 0 Å². The molecule has 0 aromatic rings. The van der Waals surface area contributed by atoms with E-state index in [1.165, 1.54) is 27.0 Å². The second kappa shape index (κ2) is 11.0. The molecule has 4 amide bonds. The lowest BCUT2D eigenvalue weighted by molar-refractivity contribution is -0.175. The van der Waals surface area contributed by atoms with Crippen molar-refractivity contribution in [2.24, 2.45) is 21.7 Å². The zero-order valence-corrected chi connectivity index (χ0v) is 22.6. The highest BCUT2D eigenvalue weighted by Gasteiger charge is 2.52. The van der Waals surface area contributed by atoms with Gasteiger partial charge in [-0.15, -0.1) is 0 Å². The monoisotopic (exact) mass is 531 g/mol. The Labute approximate surface area is 216 Å². The molecule has 1 saturated carbocycles. The summed E-state index contributed by atoms with van der Waals surface area (Å²) in [6.07, 6.45) is -0.563. The number of hydrogen-bond donors (Lipinski definition) is 4. The van der Waals surface area contributed by atoms with E-state index in [1.807, 2.05) is 20.8 Å². The van der Waals surface area contributed by atoms with E-state index < -0.39 is 52.9 Å². The van der Waals surface area contributed by atoms with Crippen LogP contribution < -0.4 is 21.3 Å². The second-order valence-electron chi connectivity index (χ2n) is 12.5. The van der Waals surface area contributed by atoms with Gasteiger partial charge in [-0.3, -0.25) is 24.2 Å². The van der Waals surface area contributed by atoms with Gasteiger partial charge < -0.3 is 21.3 Å². The number of carbonyl (C=O) groups is 4. The average Bonchev–Trinajstić information content (AvgIpc) is 3.39. The van der Waals surface area contributed by atoms with Crippen molar-refractivity contribution in [2.75, 3.05) is 7.05 Å². The molecule has 12 heteroatoms. The predicted octanol–water partition coefficient (Wildman–Crippen LogP) is 2.24. The van der Waals surface area contributed by atoms with Crippen LogP contribution in [0.3, 0.4) is 0 Å². The maximum atomic E-state index is 13.3. The van der Waals surface area contributed by atoms with Gasteiger partial charge in [-0.2, -0.15) is 13.2 Å². The van der Waals surface area contributed by atoms with Crippen LogP contribution in [0.5, 0.6) is 0 Å². The first kappa shape index (κ1) is 30.6. The lowest BCUT2D eigenvalue weighted by Gasteiger charge is -2.33. The molecule has 0 bridgehead atoms. The lowest BCUT2D eigenvalue weighted by atomic mass is 9.84. The Morgan fingerprint density at radius 1 is 1.05 bits per heavy atom. The van der Waals surface area contributed by atoms with E-state index >= 15 is 0 Å². The molecule has 9 nitrogen and oxygen atoms in total. The van der Waals surface area contributed by atoms with Gasteiger partial charge in [-0.05, 0) is 42.9 Å². The van der Waals surface area contributed by atoms with Crippen LogP contribution in [0.15, 0.2) is 4.99 Å². The third-order valence-electron chi connectivity index (χ3n) is 6.56. The van der Waals surface area contributed by atoms with Gasteiger partial charge in [0.2, 0.25) is 17.7 Å². The fourth-order valence-corrected chi connectivity index (χ4v) is 4.54. The van der Waals surface area contributed by atoms with Crippen LogP contribution in [-0.4, -0.2) is 66.7 Å². The summed E-state index contributed by atoms with van der Waals surface area (Å²) in [7, 11) is 1.54. The van der Waals surface area contributed by atoms with Gasteiger partial charge in [0.1, 0.15) is 12.1 Å². The van der Waals surface area contributed by atoms with Gasteiger partial charge >= 0.3 is 12.1 Å². The van der Waals surface area contributed by atoms with Crippen LogP contribution in [0, 0.1) is 16.7 Å². The molecule has 1 saturated heterocycles. The van der Waals surface area contributed by atoms with E-state index in [0.717, 1.165) is 12.8 Å². The van der Waals surface area contributed by atoms with Gasteiger partial charge in [0, 0.05) is 24.7 Å². The third kappa shape index (κ3) is 8.99. The maximum absolute atomic E-state index is 13.3. The molecule has 4 N–H and O–H groups in total. The molecular weight excluding hydrogens is 491 g/mol. The Morgan fingerprint density at radius 2 is 1.65 bits per heavy atom. The number of aliphatic imine (C=N–C) groups is 1. The van der Waals surface area contributed by atoms with Crippen LogP contribution in [0.4, 0.5) is 13.2 Å². The molecule has 0 unspecified atom stereocenters. The fraction of sp³-hybridized carbons (Fsp3) is 0.800. The quantitative estimate of drug-likeness (QED) is 0.340. The summed E-state index contributed by atoms with van der Waals surface area (Å²) >= 11 is 0. The standard InChI is InChI=1S/C25H40F3N5O4/c1-22(2,3)12-16(31-20(36)17(23(4,5)6)32-21(37)25(26,27)28)19(35)30-15(13-29-7)10-14-11-24(8-9-24)33-18(14)34/h13-17H,8-12H2,1-7H3,(H,30,35)(H,31,36)(H,32,37)(H,33,34)/b29-13+/t14-,15+,16+,17-/m1/s1. The summed E-state index contributed by atoms with van der Waals surface area (Å²) < 4.78 is 38.7. The largest absolute Gasteiger partial charge is 0.471 e. The zero-order valence-electron chi connectivity index (χ0n) is 22.6. The van der Waals surface area contributed by atoms with Crippen LogP contribution in [-0.2, 0) is 19.2 Å². The Balaban J connectivity index is 2.18. The molecule has 4 atom stereocenters. The molecule has 1 heterocycles. The average molecular weight is 532 g/mol. The van der Waals surface area contributed by atoms with E-state index in [1.54, 1.807) is 12.4 Å². The third-order valence-corrected chi connectivity index (χ3v) is 6.56. The van der Waals surface area contributed by atoms with Crippen molar-refractivity contribution in [3.63, 3.8) is 0 Å². The van der Waals surface area contributed by atoms with E-state index in [0.29, 0.717) is 12.8 Å².